The van der Waals surface area contributed by atoms with E-state index < -0.39 is 0 Å². The summed E-state index contributed by atoms with van der Waals surface area (Å²) >= 11 is 0. The lowest BCUT2D eigenvalue weighted by Crippen LogP contribution is -2.50. The van der Waals surface area contributed by atoms with Gasteiger partial charge in [0, 0.05) is 32.7 Å². The molecule has 2 fully saturated rings. The molecule has 0 aromatic heterocycles. The van der Waals surface area contributed by atoms with Gasteiger partial charge < -0.3 is 15.0 Å². The lowest BCUT2D eigenvalue weighted by Gasteiger charge is -2.34. The molecule has 1 N–H and O–H groups in total. The summed E-state index contributed by atoms with van der Waals surface area (Å²) in [4.78, 5) is 16.7. The lowest BCUT2D eigenvalue weighted by atomic mass is 9.97. The van der Waals surface area contributed by atoms with E-state index in [1.54, 1.807) is 0 Å². The van der Waals surface area contributed by atoms with Crippen LogP contribution >= 0.6 is 0 Å². The normalized spacial score (nSPS) is 25.5. The molecule has 1 aromatic carbocycles. The second-order valence-electron chi connectivity index (χ2n) is 7.04. The zero-order valence-corrected chi connectivity index (χ0v) is 14.6. The third kappa shape index (κ3) is 4.95. The van der Waals surface area contributed by atoms with Crippen LogP contribution in [-0.4, -0.2) is 61.3 Å². The van der Waals surface area contributed by atoms with Gasteiger partial charge in [-0.3, -0.25) is 4.90 Å². The van der Waals surface area contributed by atoms with Crippen LogP contribution in [0.2, 0.25) is 0 Å². The summed E-state index contributed by atoms with van der Waals surface area (Å²) in [6, 6.07) is 10.7. The minimum Gasteiger partial charge on any atom is -0.375 e. The first-order valence-electron chi connectivity index (χ1n) is 9.11. The van der Waals surface area contributed by atoms with Crippen molar-refractivity contribution >= 4 is 6.03 Å². The van der Waals surface area contributed by atoms with Gasteiger partial charge in [0.2, 0.25) is 0 Å². The summed E-state index contributed by atoms with van der Waals surface area (Å²) in [6.07, 6.45) is 2.55. The van der Waals surface area contributed by atoms with Gasteiger partial charge >= 0.3 is 6.03 Å². The molecule has 24 heavy (non-hydrogen) atoms. The van der Waals surface area contributed by atoms with Gasteiger partial charge in [0.1, 0.15) is 0 Å². The van der Waals surface area contributed by atoms with Gasteiger partial charge in [0.05, 0.1) is 12.7 Å². The van der Waals surface area contributed by atoms with Crippen molar-refractivity contribution in [1.82, 2.24) is 15.1 Å². The number of hydrogen-bond donors (Lipinski definition) is 1. The number of carbonyl (C=O) groups excluding carboxylic acids is 1. The Bertz CT molecular complexity index is 523. The van der Waals surface area contributed by atoms with Gasteiger partial charge in [-0.15, -0.1) is 0 Å². The fourth-order valence-electron chi connectivity index (χ4n) is 3.65. The standard InChI is InChI=1S/C19H29N3O2/c1-16-13-22(10-11-24-16)19(23)20-12-18-8-5-9-21(15-18)14-17-6-3-2-4-7-17/h2-4,6-7,16,18H,5,8-15H2,1H3,(H,20,23)/t16-,18+/m0/s1. The molecular weight excluding hydrogens is 302 g/mol. The van der Waals surface area contributed by atoms with Crippen LogP contribution in [0.15, 0.2) is 30.3 Å². The molecule has 132 valence electrons. The first-order chi connectivity index (χ1) is 11.7. The highest BCUT2D eigenvalue weighted by Crippen LogP contribution is 2.18. The number of ether oxygens (including phenoxy) is 1. The highest BCUT2D eigenvalue weighted by molar-refractivity contribution is 5.74. The second kappa shape index (κ2) is 8.49. The van der Waals surface area contributed by atoms with Gasteiger partial charge in [-0.2, -0.15) is 0 Å². The van der Waals surface area contributed by atoms with Crippen molar-refractivity contribution in [2.45, 2.75) is 32.4 Å². The predicted molar refractivity (Wildman–Crippen MR) is 94.8 cm³/mol. The smallest absolute Gasteiger partial charge is 0.317 e. The Balaban J connectivity index is 1.42. The molecule has 5 heteroatoms. The Morgan fingerprint density at radius 2 is 2.08 bits per heavy atom. The minimum absolute atomic E-state index is 0.0605. The molecule has 0 spiro atoms. The number of likely N-dealkylation sites (tertiary alicyclic amines) is 1. The average Bonchev–Trinajstić information content (AvgIpc) is 2.61. The van der Waals surface area contributed by atoms with Crippen molar-refractivity contribution in [3.63, 3.8) is 0 Å². The van der Waals surface area contributed by atoms with Crippen molar-refractivity contribution in [3.8, 4) is 0 Å². The quantitative estimate of drug-likeness (QED) is 0.921. The zero-order valence-electron chi connectivity index (χ0n) is 14.6. The number of nitrogens with one attached hydrogen (secondary N) is 1. The third-order valence-electron chi connectivity index (χ3n) is 4.92. The molecule has 2 aliphatic rings. The number of rotatable bonds is 4. The topological polar surface area (TPSA) is 44.8 Å². The molecule has 0 aliphatic carbocycles. The monoisotopic (exact) mass is 331 g/mol. The summed E-state index contributed by atoms with van der Waals surface area (Å²) in [7, 11) is 0. The molecule has 1 aromatic rings. The maximum Gasteiger partial charge on any atom is 0.317 e. The Labute approximate surface area is 145 Å². The van der Waals surface area contributed by atoms with E-state index in [0.29, 0.717) is 25.6 Å². The van der Waals surface area contributed by atoms with Crippen molar-refractivity contribution in [2.24, 2.45) is 5.92 Å². The van der Waals surface area contributed by atoms with E-state index in [-0.39, 0.29) is 12.1 Å². The highest BCUT2D eigenvalue weighted by atomic mass is 16.5. The third-order valence-corrected chi connectivity index (χ3v) is 4.92. The number of hydrogen-bond acceptors (Lipinski definition) is 3. The molecule has 2 amide bonds. The van der Waals surface area contributed by atoms with Gasteiger partial charge in [-0.1, -0.05) is 30.3 Å². The van der Waals surface area contributed by atoms with Crippen molar-refractivity contribution in [2.75, 3.05) is 39.3 Å². The van der Waals surface area contributed by atoms with Gasteiger partial charge in [-0.25, -0.2) is 4.79 Å². The van der Waals surface area contributed by atoms with Gasteiger partial charge in [0.25, 0.3) is 0 Å². The van der Waals surface area contributed by atoms with E-state index in [1.807, 2.05) is 11.8 Å². The molecule has 0 unspecified atom stereocenters. The Hall–Kier alpha value is -1.59. The Kier molecular flexibility index (Phi) is 6.10. The first-order valence-corrected chi connectivity index (χ1v) is 9.11. The fraction of sp³-hybridized carbons (Fsp3) is 0.632. The van der Waals surface area contributed by atoms with Crippen LogP contribution in [0.3, 0.4) is 0 Å². The zero-order chi connectivity index (χ0) is 16.8. The van der Waals surface area contributed by atoms with Crippen LogP contribution in [0.25, 0.3) is 0 Å². The number of piperidine rings is 1. The van der Waals surface area contributed by atoms with E-state index in [0.717, 1.165) is 26.2 Å². The molecule has 0 radical (unpaired) electrons. The predicted octanol–water partition coefficient (Wildman–Crippen LogP) is 2.33. The second-order valence-corrected chi connectivity index (χ2v) is 7.04. The summed E-state index contributed by atoms with van der Waals surface area (Å²) in [6.45, 7) is 8.04. The molecule has 5 nitrogen and oxygen atoms in total. The average molecular weight is 331 g/mol. The van der Waals surface area contributed by atoms with Crippen LogP contribution in [-0.2, 0) is 11.3 Å². The molecule has 2 aliphatic heterocycles. The van der Waals surface area contributed by atoms with E-state index >= 15 is 0 Å². The maximum absolute atomic E-state index is 12.3. The van der Waals surface area contributed by atoms with Gasteiger partial charge in [-0.05, 0) is 37.8 Å². The summed E-state index contributed by atoms with van der Waals surface area (Å²) in [5, 5.41) is 3.13. The van der Waals surface area contributed by atoms with Crippen LogP contribution < -0.4 is 5.32 Å². The van der Waals surface area contributed by atoms with E-state index in [2.05, 4.69) is 40.5 Å². The molecular formula is C19H29N3O2. The van der Waals surface area contributed by atoms with Gasteiger partial charge in [0.15, 0.2) is 0 Å². The Morgan fingerprint density at radius 1 is 1.25 bits per heavy atom. The number of morpholine rings is 1. The summed E-state index contributed by atoms with van der Waals surface area (Å²) < 4.78 is 5.49. The lowest BCUT2D eigenvalue weighted by molar-refractivity contribution is -0.00370. The van der Waals surface area contributed by atoms with Crippen molar-refractivity contribution in [3.05, 3.63) is 35.9 Å². The van der Waals surface area contributed by atoms with Crippen molar-refractivity contribution in [1.29, 1.82) is 0 Å². The molecule has 0 bridgehead atoms. The fourth-order valence-corrected chi connectivity index (χ4v) is 3.65. The molecule has 2 saturated heterocycles. The molecule has 2 heterocycles. The van der Waals surface area contributed by atoms with Crippen LogP contribution in [0.5, 0.6) is 0 Å². The molecule has 2 atom stereocenters. The first kappa shape index (κ1) is 17.2. The minimum atomic E-state index is 0.0605. The van der Waals surface area contributed by atoms with E-state index in [4.69, 9.17) is 4.74 Å². The van der Waals surface area contributed by atoms with Crippen LogP contribution in [0.1, 0.15) is 25.3 Å². The van der Waals surface area contributed by atoms with Crippen molar-refractivity contribution < 1.29 is 9.53 Å². The SMILES string of the molecule is C[C@H]1CN(C(=O)NC[C@H]2CCCN(Cc3ccccc3)C2)CCO1. The van der Waals surface area contributed by atoms with Crippen LogP contribution in [0.4, 0.5) is 4.79 Å². The number of nitrogens with zero attached hydrogens (tertiary/aromatic N) is 2. The summed E-state index contributed by atoms with van der Waals surface area (Å²) in [5.74, 6) is 0.546. The Morgan fingerprint density at radius 3 is 2.88 bits per heavy atom. The largest absolute Gasteiger partial charge is 0.375 e. The summed E-state index contributed by atoms with van der Waals surface area (Å²) in [5.41, 5.74) is 1.37. The van der Waals surface area contributed by atoms with Crippen LogP contribution in [0, 0.1) is 5.92 Å². The number of urea groups is 1. The molecule has 3 rings (SSSR count). The van der Waals surface area contributed by atoms with E-state index in [1.165, 1.54) is 18.4 Å². The highest BCUT2D eigenvalue weighted by Gasteiger charge is 2.24. The molecule has 0 saturated carbocycles. The number of carbonyl (C=O) groups is 1. The number of benzene rings is 1. The van der Waals surface area contributed by atoms with E-state index in [9.17, 15) is 4.79 Å². The number of amides is 2. The maximum atomic E-state index is 12.3.